The average Bonchev–Trinajstić information content (AvgIpc) is 3.46. The molecular weight excluding hydrogens is 534 g/mol. The maximum atomic E-state index is 13.9. The number of hydrogen-bond donors (Lipinski definition) is 1. The van der Waals surface area contributed by atoms with E-state index in [1.54, 1.807) is 24.0 Å². The summed E-state index contributed by atoms with van der Waals surface area (Å²) < 4.78 is 62.5. The number of rotatable bonds is 4. The molecule has 0 spiro atoms. The summed E-state index contributed by atoms with van der Waals surface area (Å²) in [6, 6.07) is 5.02. The maximum absolute atomic E-state index is 13.9. The van der Waals surface area contributed by atoms with Crippen molar-refractivity contribution in [3.63, 3.8) is 0 Å². The molecule has 2 N–H and O–H groups in total. The summed E-state index contributed by atoms with van der Waals surface area (Å²) in [6.45, 7) is -2.58. The first-order valence-electron chi connectivity index (χ1n) is 12.4. The lowest BCUT2D eigenvalue weighted by molar-refractivity contribution is -0.195. The molecule has 2 aliphatic rings. The molecule has 2 aromatic carbocycles. The number of aromatic nitrogens is 2. The number of primary amides is 1. The SMILES string of the molecule is Cn1cc(-c2ccc3c(c2)CC[C@@H]3C(=O)N(CC(=O)N2Cc3cc(F)ccc3OC[C@H]2C(F)(F)F)C(N)=O)cn1. The Morgan fingerprint density at radius 1 is 1.12 bits per heavy atom. The Bertz CT molecular complexity index is 1490. The highest BCUT2D eigenvalue weighted by Gasteiger charge is 2.48. The summed E-state index contributed by atoms with van der Waals surface area (Å²) in [6.07, 6.45) is -0.502. The van der Waals surface area contributed by atoms with Gasteiger partial charge in [0.2, 0.25) is 11.8 Å². The number of hydrogen-bond acceptors (Lipinski definition) is 5. The zero-order chi connectivity index (χ0) is 28.8. The van der Waals surface area contributed by atoms with Crippen molar-refractivity contribution < 1.29 is 36.7 Å². The normalized spacial score (nSPS) is 18.4. The number of ether oxygens (including phenoxy) is 1. The first-order valence-corrected chi connectivity index (χ1v) is 12.4. The Labute approximate surface area is 226 Å². The number of imide groups is 1. The molecule has 0 radical (unpaired) electrons. The topological polar surface area (TPSA) is 111 Å². The summed E-state index contributed by atoms with van der Waals surface area (Å²) >= 11 is 0. The highest BCUT2D eigenvalue weighted by molar-refractivity contribution is 6.01. The van der Waals surface area contributed by atoms with E-state index < -0.39 is 61.5 Å². The van der Waals surface area contributed by atoms with Gasteiger partial charge in [0, 0.05) is 24.4 Å². The van der Waals surface area contributed by atoms with Gasteiger partial charge in [-0.15, -0.1) is 0 Å². The third-order valence-electron chi connectivity index (χ3n) is 7.22. The van der Waals surface area contributed by atoms with Crippen LogP contribution in [0.15, 0.2) is 48.8 Å². The molecule has 40 heavy (non-hydrogen) atoms. The molecular formula is C27H25F4N5O4. The molecule has 4 amide bonds. The van der Waals surface area contributed by atoms with Gasteiger partial charge in [-0.1, -0.05) is 18.2 Å². The standard InChI is InChI=1S/C27H25F4N5O4/c1-34-11-18(10-33-34)15-2-5-20-16(8-15)3-6-21(20)25(38)36(26(32)39)13-24(37)35-12-17-9-19(28)4-7-22(17)40-14-23(35)27(29,30)31/h2,4-5,7-11,21,23H,3,6,12-14H2,1H3,(H2,32,39)/t21-,23-/m0/s1. The van der Waals surface area contributed by atoms with Gasteiger partial charge in [-0.2, -0.15) is 18.3 Å². The Kier molecular flexibility index (Phi) is 6.98. The zero-order valence-electron chi connectivity index (χ0n) is 21.3. The molecule has 0 saturated carbocycles. The summed E-state index contributed by atoms with van der Waals surface area (Å²) in [7, 11) is 1.79. The number of benzene rings is 2. The van der Waals surface area contributed by atoms with Crippen molar-refractivity contribution in [2.75, 3.05) is 13.2 Å². The summed E-state index contributed by atoms with van der Waals surface area (Å²) in [4.78, 5) is 39.9. The Morgan fingerprint density at radius 3 is 2.58 bits per heavy atom. The summed E-state index contributed by atoms with van der Waals surface area (Å²) in [5.41, 5.74) is 8.75. The van der Waals surface area contributed by atoms with Crippen LogP contribution < -0.4 is 10.5 Å². The Hall–Kier alpha value is -4.42. The van der Waals surface area contributed by atoms with Crippen molar-refractivity contribution in [3.05, 3.63) is 71.3 Å². The minimum atomic E-state index is -4.89. The number of carbonyl (C=O) groups excluding carboxylic acids is 3. The number of carbonyl (C=O) groups is 3. The fraction of sp³-hybridized carbons (Fsp3) is 0.333. The highest BCUT2D eigenvalue weighted by Crippen LogP contribution is 2.37. The fourth-order valence-corrected chi connectivity index (χ4v) is 5.20. The van der Waals surface area contributed by atoms with Crippen molar-refractivity contribution >= 4 is 17.8 Å². The Balaban J connectivity index is 1.38. The monoisotopic (exact) mass is 559 g/mol. The van der Waals surface area contributed by atoms with Crippen LogP contribution in [0.2, 0.25) is 0 Å². The van der Waals surface area contributed by atoms with Gasteiger partial charge < -0.3 is 15.4 Å². The Morgan fingerprint density at radius 2 is 1.90 bits per heavy atom. The van der Waals surface area contributed by atoms with E-state index in [2.05, 4.69) is 5.10 Å². The van der Waals surface area contributed by atoms with Crippen LogP contribution in [0.4, 0.5) is 22.4 Å². The minimum Gasteiger partial charge on any atom is -0.491 e. The van der Waals surface area contributed by atoms with Crippen LogP contribution in [-0.2, 0) is 29.6 Å². The van der Waals surface area contributed by atoms with Crippen LogP contribution in [0.1, 0.15) is 29.0 Å². The molecule has 0 saturated heterocycles. The molecule has 0 bridgehead atoms. The predicted molar refractivity (Wildman–Crippen MR) is 133 cm³/mol. The molecule has 0 fully saturated rings. The minimum absolute atomic E-state index is 0.00185. The smallest absolute Gasteiger partial charge is 0.412 e. The lowest BCUT2D eigenvalue weighted by atomic mass is 9.97. The third-order valence-corrected chi connectivity index (χ3v) is 7.22. The van der Waals surface area contributed by atoms with E-state index in [4.69, 9.17) is 10.5 Å². The lowest BCUT2D eigenvalue weighted by Gasteiger charge is -2.32. The largest absolute Gasteiger partial charge is 0.491 e. The van der Waals surface area contributed by atoms with Crippen molar-refractivity contribution in [1.29, 1.82) is 0 Å². The van der Waals surface area contributed by atoms with Gasteiger partial charge in [-0.25, -0.2) is 9.18 Å². The second kappa shape index (κ2) is 10.3. The molecule has 5 rings (SSSR count). The van der Waals surface area contributed by atoms with Gasteiger partial charge in [-0.3, -0.25) is 19.2 Å². The second-order valence-corrected chi connectivity index (χ2v) is 9.81. The highest BCUT2D eigenvalue weighted by atomic mass is 19.4. The number of halogens is 4. The number of amides is 4. The molecule has 9 nitrogen and oxygen atoms in total. The van der Waals surface area contributed by atoms with E-state index in [1.807, 2.05) is 18.3 Å². The number of nitrogens with zero attached hydrogens (tertiary/aromatic N) is 4. The molecule has 1 aliphatic heterocycles. The summed E-state index contributed by atoms with van der Waals surface area (Å²) in [5, 5.41) is 4.15. The number of nitrogens with two attached hydrogens (primary N) is 1. The lowest BCUT2D eigenvalue weighted by Crippen LogP contribution is -2.55. The first-order chi connectivity index (χ1) is 18.9. The van der Waals surface area contributed by atoms with Crippen LogP contribution in [-0.4, -0.2) is 62.8 Å². The number of alkyl halides is 3. The van der Waals surface area contributed by atoms with Crippen molar-refractivity contribution in [1.82, 2.24) is 19.6 Å². The van der Waals surface area contributed by atoms with E-state index >= 15 is 0 Å². The predicted octanol–water partition coefficient (Wildman–Crippen LogP) is 3.52. The molecule has 210 valence electrons. The van der Waals surface area contributed by atoms with Crippen LogP contribution in [0, 0.1) is 5.82 Å². The molecule has 3 aromatic rings. The van der Waals surface area contributed by atoms with E-state index in [1.165, 1.54) is 6.07 Å². The van der Waals surface area contributed by atoms with Gasteiger partial charge in [0.15, 0.2) is 6.04 Å². The van der Waals surface area contributed by atoms with Crippen LogP contribution in [0.25, 0.3) is 11.1 Å². The van der Waals surface area contributed by atoms with Gasteiger partial charge in [0.1, 0.15) is 24.7 Å². The van der Waals surface area contributed by atoms with Crippen molar-refractivity contribution in [2.45, 2.75) is 37.5 Å². The number of urea groups is 1. The van der Waals surface area contributed by atoms with Crippen LogP contribution >= 0.6 is 0 Å². The number of aryl methyl sites for hydroxylation is 2. The van der Waals surface area contributed by atoms with Gasteiger partial charge in [0.05, 0.1) is 18.7 Å². The molecule has 13 heteroatoms. The van der Waals surface area contributed by atoms with Gasteiger partial charge in [0.25, 0.3) is 0 Å². The quantitative estimate of drug-likeness (QED) is 0.492. The fourth-order valence-electron chi connectivity index (χ4n) is 5.20. The molecule has 2 atom stereocenters. The van der Waals surface area contributed by atoms with Gasteiger partial charge in [-0.05, 0) is 47.7 Å². The van der Waals surface area contributed by atoms with E-state index in [0.29, 0.717) is 28.2 Å². The molecule has 2 heterocycles. The van der Waals surface area contributed by atoms with Crippen LogP contribution in [0.5, 0.6) is 5.75 Å². The third kappa shape index (κ3) is 5.23. The van der Waals surface area contributed by atoms with Crippen molar-refractivity contribution in [2.24, 2.45) is 12.8 Å². The average molecular weight is 560 g/mol. The second-order valence-electron chi connectivity index (χ2n) is 9.81. The first kappa shape index (κ1) is 27.2. The van der Waals surface area contributed by atoms with E-state index in [9.17, 15) is 31.9 Å². The van der Waals surface area contributed by atoms with E-state index in [0.717, 1.165) is 28.8 Å². The maximum Gasteiger partial charge on any atom is 0.412 e. The summed E-state index contributed by atoms with van der Waals surface area (Å²) in [5.74, 6) is -3.49. The zero-order valence-corrected chi connectivity index (χ0v) is 21.3. The van der Waals surface area contributed by atoms with Crippen LogP contribution in [0.3, 0.4) is 0 Å². The molecule has 0 unspecified atom stereocenters. The van der Waals surface area contributed by atoms with Gasteiger partial charge >= 0.3 is 12.2 Å². The van der Waals surface area contributed by atoms with E-state index in [-0.39, 0.29) is 11.3 Å². The molecule has 1 aromatic heterocycles. The molecule has 1 aliphatic carbocycles. The number of fused-ring (bicyclic) bond motifs is 2. The van der Waals surface area contributed by atoms with Crippen molar-refractivity contribution in [3.8, 4) is 16.9 Å².